The number of amides is 1. The van der Waals surface area contributed by atoms with E-state index in [9.17, 15) is 24.9 Å². The molecule has 0 aliphatic heterocycles. The molecule has 0 spiro atoms. The van der Waals surface area contributed by atoms with Crippen LogP contribution >= 0.6 is 11.3 Å². The fourth-order valence-electron chi connectivity index (χ4n) is 5.91. The summed E-state index contributed by atoms with van der Waals surface area (Å²) in [6.07, 6.45) is 5.72. The molecule has 2 heterocycles. The van der Waals surface area contributed by atoms with Crippen molar-refractivity contribution in [2.45, 2.75) is 57.1 Å². The maximum atomic E-state index is 11.7. The number of ether oxygens (including phenoxy) is 1. The third-order valence-corrected chi connectivity index (χ3v) is 9.26. The molecule has 0 saturated heterocycles. The molecule has 0 aliphatic rings. The number of nitrogens with one attached hydrogen (secondary N) is 3. The predicted octanol–water partition coefficient (Wildman–Crippen LogP) is 7.75. The van der Waals surface area contributed by atoms with Crippen LogP contribution < -0.4 is 20.9 Å². The Balaban J connectivity index is 1.01. The van der Waals surface area contributed by atoms with Gasteiger partial charge in [-0.3, -0.25) is 4.79 Å². The van der Waals surface area contributed by atoms with Gasteiger partial charge in [-0.05, 0) is 83.4 Å². The summed E-state index contributed by atoms with van der Waals surface area (Å²) in [5.41, 5.74) is 3.40. The lowest BCUT2D eigenvalue weighted by Gasteiger charge is -2.20. The molecule has 0 bridgehead atoms. The molecule has 2 aromatic heterocycles. The predicted molar refractivity (Wildman–Crippen MR) is 191 cm³/mol. The summed E-state index contributed by atoms with van der Waals surface area (Å²) in [4.78, 5) is 27.1. The first-order valence-electron chi connectivity index (χ1n) is 16.5. The number of H-pyrrole nitrogens is 1. The lowest BCUT2D eigenvalue weighted by Crippen LogP contribution is -2.27. The highest BCUT2D eigenvalue weighted by Crippen LogP contribution is 2.34. The number of carbonyl (C=O) groups is 1. The van der Waals surface area contributed by atoms with Crippen LogP contribution in [0.25, 0.3) is 21.3 Å². The van der Waals surface area contributed by atoms with Crippen molar-refractivity contribution in [1.82, 2.24) is 15.6 Å². The summed E-state index contributed by atoms with van der Waals surface area (Å²) < 4.78 is 6.21. The SMILES string of the molecule is O=C(O)NC(c1ccccc1)c1cc(OCCCCCCCCCNC[C@H](O)c2ccc(O)c3[nH]c(=O)ccc23)cc(-c2cccs2)c1. The van der Waals surface area contributed by atoms with E-state index in [0.717, 1.165) is 78.8 Å². The number of hydrogen-bond donors (Lipinski definition) is 6. The Morgan fingerprint density at radius 1 is 0.854 bits per heavy atom. The number of phenolic OH excluding ortho intramolecular Hbond substituents is 1. The molecule has 2 atom stereocenters. The Morgan fingerprint density at radius 2 is 1.62 bits per heavy atom. The maximum Gasteiger partial charge on any atom is 0.405 e. The van der Waals surface area contributed by atoms with Crippen LogP contribution in [0, 0.1) is 0 Å². The smallest absolute Gasteiger partial charge is 0.405 e. The van der Waals surface area contributed by atoms with Crippen molar-refractivity contribution in [2.24, 2.45) is 0 Å². The van der Waals surface area contributed by atoms with Gasteiger partial charge in [-0.15, -0.1) is 11.3 Å². The number of aromatic nitrogens is 1. The van der Waals surface area contributed by atoms with Gasteiger partial charge >= 0.3 is 6.09 Å². The molecular formula is C38H43N3O6S. The highest BCUT2D eigenvalue weighted by atomic mass is 32.1. The molecule has 1 amide bonds. The van der Waals surface area contributed by atoms with Gasteiger partial charge in [0.05, 0.1) is 24.3 Å². The van der Waals surface area contributed by atoms with Crippen LogP contribution in [-0.2, 0) is 0 Å². The second-order valence-corrected chi connectivity index (χ2v) is 12.8. The molecule has 48 heavy (non-hydrogen) atoms. The van der Waals surface area contributed by atoms with Crippen molar-refractivity contribution in [3.63, 3.8) is 0 Å². The van der Waals surface area contributed by atoms with Crippen LogP contribution in [0.3, 0.4) is 0 Å². The van der Waals surface area contributed by atoms with Crippen LogP contribution in [0.15, 0.2) is 95.1 Å². The summed E-state index contributed by atoms with van der Waals surface area (Å²) >= 11 is 1.64. The molecule has 0 fully saturated rings. The largest absolute Gasteiger partial charge is 0.506 e. The number of thiophene rings is 1. The molecular weight excluding hydrogens is 627 g/mol. The average Bonchev–Trinajstić information content (AvgIpc) is 3.64. The summed E-state index contributed by atoms with van der Waals surface area (Å²) in [5.74, 6) is 0.715. The minimum atomic E-state index is -1.08. The summed E-state index contributed by atoms with van der Waals surface area (Å²) in [6.45, 7) is 1.78. The van der Waals surface area contributed by atoms with E-state index in [-0.39, 0.29) is 11.3 Å². The van der Waals surface area contributed by atoms with Crippen LogP contribution in [0.1, 0.15) is 73.8 Å². The summed E-state index contributed by atoms with van der Waals surface area (Å²) in [6, 6.07) is 25.3. The van der Waals surface area contributed by atoms with Gasteiger partial charge in [0.1, 0.15) is 11.5 Å². The second kappa shape index (κ2) is 17.5. The molecule has 1 unspecified atom stereocenters. The number of aliphatic hydroxyl groups is 1. The molecule has 5 aromatic rings. The van der Waals surface area contributed by atoms with Crippen LogP contribution in [0.4, 0.5) is 4.79 Å². The van der Waals surface area contributed by atoms with Crippen LogP contribution in [-0.4, -0.2) is 46.1 Å². The van der Waals surface area contributed by atoms with Crippen LogP contribution in [0.5, 0.6) is 11.5 Å². The van der Waals surface area contributed by atoms with E-state index >= 15 is 0 Å². The van der Waals surface area contributed by atoms with Crippen molar-refractivity contribution in [3.05, 3.63) is 117 Å². The highest BCUT2D eigenvalue weighted by molar-refractivity contribution is 7.13. The lowest BCUT2D eigenvalue weighted by atomic mass is 9.96. The first-order valence-corrected chi connectivity index (χ1v) is 17.4. The number of pyridine rings is 1. The van der Waals surface area contributed by atoms with Gasteiger partial charge < -0.3 is 35.7 Å². The number of aliphatic hydroxyl groups excluding tert-OH is 1. The zero-order valence-electron chi connectivity index (χ0n) is 26.9. The third kappa shape index (κ3) is 9.70. The van der Waals surface area contributed by atoms with Crippen molar-refractivity contribution in [1.29, 1.82) is 0 Å². The van der Waals surface area contributed by atoms with Gasteiger partial charge in [-0.2, -0.15) is 0 Å². The summed E-state index contributed by atoms with van der Waals surface area (Å²) in [7, 11) is 0. The summed E-state index contributed by atoms with van der Waals surface area (Å²) in [5, 5.41) is 39.0. The van der Waals surface area contributed by atoms with E-state index in [2.05, 4.69) is 21.7 Å². The van der Waals surface area contributed by atoms with E-state index < -0.39 is 18.2 Å². The van der Waals surface area contributed by atoms with Gasteiger partial charge in [0, 0.05) is 22.9 Å². The van der Waals surface area contributed by atoms with E-state index in [1.165, 1.54) is 12.1 Å². The molecule has 9 nitrogen and oxygen atoms in total. The molecule has 0 saturated carbocycles. The fraction of sp³-hybridized carbons (Fsp3) is 0.316. The number of aromatic hydroxyl groups is 1. The van der Waals surface area contributed by atoms with Gasteiger partial charge in [-0.25, -0.2) is 4.79 Å². The van der Waals surface area contributed by atoms with Gasteiger partial charge in [0.25, 0.3) is 0 Å². The van der Waals surface area contributed by atoms with Gasteiger partial charge in [0.15, 0.2) is 0 Å². The Bertz CT molecular complexity index is 1810. The number of unbranched alkanes of at least 4 members (excludes halogenated alkanes) is 6. The molecule has 10 heteroatoms. The second-order valence-electron chi connectivity index (χ2n) is 11.9. The van der Waals surface area contributed by atoms with Gasteiger partial charge in [-0.1, -0.05) is 74.6 Å². The van der Waals surface area contributed by atoms with E-state index in [4.69, 9.17) is 4.74 Å². The van der Waals surface area contributed by atoms with Crippen molar-refractivity contribution < 1.29 is 24.9 Å². The van der Waals surface area contributed by atoms with E-state index in [0.29, 0.717) is 29.6 Å². The molecule has 252 valence electrons. The van der Waals surface area contributed by atoms with E-state index in [1.54, 1.807) is 23.5 Å². The maximum absolute atomic E-state index is 11.7. The highest BCUT2D eigenvalue weighted by Gasteiger charge is 2.19. The number of carboxylic acid groups (broad SMARTS) is 1. The number of benzene rings is 3. The van der Waals surface area contributed by atoms with Gasteiger partial charge in [0.2, 0.25) is 5.56 Å². The molecule has 5 rings (SSSR count). The number of rotatable bonds is 18. The van der Waals surface area contributed by atoms with Crippen molar-refractivity contribution in [3.8, 4) is 21.9 Å². The first-order chi connectivity index (χ1) is 23.4. The van der Waals surface area contributed by atoms with Crippen LogP contribution in [0.2, 0.25) is 0 Å². The Kier molecular flexibility index (Phi) is 12.6. The van der Waals surface area contributed by atoms with E-state index in [1.807, 2.05) is 60.0 Å². The van der Waals surface area contributed by atoms with Crippen molar-refractivity contribution >= 4 is 28.3 Å². The molecule has 6 N–H and O–H groups in total. The molecule has 0 aliphatic carbocycles. The molecule has 0 radical (unpaired) electrons. The number of fused-ring (bicyclic) bond motifs is 1. The Morgan fingerprint density at radius 3 is 2.38 bits per heavy atom. The third-order valence-electron chi connectivity index (χ3n) is 8.34. The topological polar surface area (TPSA) is 144 Å². The quantitative estimate of drug-likeness (QED) is 0.0524. The fourth-order valence-corrected chi connectivity index (χ4v) is 6.62. The Hall–Kier alpha value is -4.64. The zero-order valence-corrected chi connectivity index (χ0v) is 27.7. The van der Waals surface area contributed by atoms with Crippen molar-refractivity contribution in [2.75, 3.05) is 19.7 Å². The zero-order chi connectivity index (χ0) is 33.7. The lowest BCUT2D eigenvalue weighted by molar-refractivity contribution is 0.176. The minimum absolute atomic E-state index is 0.0164. The average molecular weight is 670 g/mol. The standard InChI is InChI=1S/C38H43N3O6S/c42-32-17-15-30(31-16-18-35(44)40-37(31)32)33(43)25-39-19-9-4-2-1-3-5-10-20-47-29-23-27(34-14-11-21-48-34)22-28(24-29)36(41-38(45)46)26-12-7-6-8-13-26/h6-8,11-18,21-24,33,36,39,41-43H,1-5,9-10,19-20,25H2,(H,40,44)(H,45,46)/t33-,36?/m0/s1. The Labute approximate surface area is 284 Å². The minimum Gasteiger partial charge on any atom is -0.506 e. The number of hydrogen-bond acceptors (Lipinski definition) is 7. The number of aromatic amines is 1. The number of phenols is 1. The first kappa shape index (κ1) is 34.7. The normalized spacial score (nSPS) is 12.5. The molecule has 3 aromatic carbocycles. The monoisotopic (exact) mass is 669 g/mol.